The standard InChI is InChI=1S/C8H18NO/c1-5-6-7(9-10)8(2,3)4/h7,9H,5-6H2,1-4H3/q-1. The van der Waals surface area contributed by atoms with Crippen LogP contribution in [0, 0.1) is 10.6 Å². The van der Waals surface area contributed by atoms with Crippen molar-refractivity contribution in [2.45, 2.75) is 46.6 Å². The summed E-state index contributed by atoms with van der Waals surface area (Å²) in [5.74, 6) is 0. The zero-order chi connectivity index (χ0) is 8.20. The van der Waals surface area contributed by atoms with Crippen LogP contribution < -0.4 is 5.48 Å². The van der Waals surface area contributed by atoms with Crippen molar-refractivity contribution in [2.24, 2.45) is 5.41 Å². The molecule has 10 heavy (non-hydrogen) atoms. The molecule has 0 aromatic carbocycles. The summed E-state index contributed by atoms with van der Waals surface area (Å²) in [5, 5.41) is 10.4. The predicted molar refractivity (Wildman–Crippen MR) is 44.7 cm³/mol. The van der Waals surface area contributed by atoms with Crippen molar-refractivity contribution >= 4 is 0 Å². The zero-order valence-electron chi connectivity index (χ0n) is 7.40. The molecule has 0 saturated heterocycles. The van der Waals surface area contributed by atoms with Crippen LogP contribution in [-0.2, 0) is 0 Å². The van der Waals surface area contributed by atoms with Gasteiger partial charge in [-0.05, 0) is 17.9 Å². The second kappa shape index (κ2) is 3.94. The molecule has 2 nitrogen and oxygen atoms in total. The maximum absolute atomic E-state index is 10.4. The molecular formula is C8H18NO-. The first-order valence-electron chi connectivity index (χ1n) is 3.90. The fourth-order valence-electron chi connectivity index (χ4n) is 0.957. The summed E-state index contributed by atoms with van der Waals surface area (Å²) in [6.07, 6.45) is 2.03. The first kappa shape index (κ1) is 9.92. The minimum Gasteiger partial charge on any atom is -0.788 e. The van der Waals surface area contributed by atoms with Gasteiger partial charge in [0, 0.05) is 0 Å². The van der Waals surface area contributed by atoms with Crippen molar-refractivity contribution in [2.75, 3.05) is 0 Å². The fraction of sp³-hybridized carbons (Fsp3) is 1.00. The van der Waals surface area contributed by atoms with Crippen molar-refractivity contribution in [3.63, 3.8) is 0 Å². The third-order valence-corrected chi connectivity index (χ3v) is 1.76. The number of hydroxylamine groups is 1. The molecule has 0 amide bonds. The lowest BCUT2D eigenvalue weighted by Gasteiger charge is -2.34. The highest BCUT2D eigenvalue weighted by Gasteiger charge is 2.19. The summed E-state index contributed by atoms with van der Waals surface area (Å²) in [6, 6.07) is 0.109. The Labute approximate surface area is 63.6 Å². The molecular weight excluding hydrogens is 126 g/mol. The second-order valence-electron chi connectivity index (χ2n) is 3.83. The Hall–Kier alpha value is -0.0800. The molecule has 0 fully saturated rings. The Morgan fingerprint density at radius 2 is 1.90 bits per heavy atom. The summed E-state index contributed by atoms with van der Waals surface area (Å²) in [7, 11) is 0. The molecule has 0 bridgehead atoms. The van der Waals surface area contributed by atoms with Gasteiger partial charge in [-0.2, -0.15) is 0 Å². The van der Waals surface area contributed by atoms with Crippen LogP contribution in [0.4, 0.5) is 0 Å². The molecule has 2 heteroatoms. The summed E-state index contributed by atoms with van der Waals surface area (Å²) < 4.78 is 0. The van der Waals surface area contributed by atoms with Gasteiger partial charge < -0.3 is 10.7 Å². The summed E-state index contributed by atoms with van der Waals surface area (Å²) in [5.41, 5.74) is 2.19. The lowest BCUT2D eigenvalue weighted by atomic mass is 9.85. The van der Waals surface area contributed by atoms with Gasteiger partial charge >= 0.3 is 0 Å². The van der Waals surface area contributed by atoms with E-state index < -0.39 is 0 Å². The van der Waals surface area contributed by atoms with E-state index in [2.05, 4.69) is 33.2 Å². The van der Waals surface area contributed by atoms with Gasteiger partial charge in [-0.15, -0.1) is 0 Å². The molecule has 0 radical (unpaired) electrons. The summed E-state index contributed by atoms with van der Waals surface area (Å²) in [4.78, 5) is 0. The van der Waals surface area contributed by atoms with E-state index in [0.29, 0.717) is 0 Å². The molecule has 0 aliphatic rings. The van der Waals surface area contributed by atoms with E-state index in [9.17, 15) is 5.21 Å². The van der Waals surface area contributed by atoms with Gasteiger partial charge in [0.05, 0.1) is 0 Å². The molecule has 62 valence electrons. The van der Waals surface area contributed by atoms with Crippen molar-refractivity contribution in [1.29, 1.82) is 0 Å². The molecule has 0 heterocycles. The molecule has 0 aromatic heterocycles. The molecule has 0 saturated carbocycles. The van der Waals surface area contributed by atoms with Crippen LogP contribution in [0.5, 0.6) is 0 Å². The third kappa shape index (κ3) is 3.18. The smallest absolute Gasteiger partial charge is 0.000158 e. The number of nitrogens with one attached hydrogen (secondary N) is 1. The summed E-state index contributed by atoms with van der Waals surface area (Å²) >= 11 is 0. The van der Waals surface area contributed by atoms with Gasteiger partial charge in [0.2, 0.25) is 0 Å². The van der Waals surface area contributed by atoms with E-state index in [-0.39, 0.29) is 11.5 Å². The van der Waals surface area contributed by atoms with E-state index >= 15 is 0 Å². The number of rotatable bonds is 3. The van der Waals surface area contributed by atoms with E-state index in [1.807, 2.05) is 0 Å². The lowest BCUT2D eigenvalue weighted by Crippen LogP contribution is -2.36. The highest BCUT2D eigenvalue weighted by molar-refractivity contribution is 4.79. The van der Waals surface area contributed by atoms with Gasteiger partial charge in [-0.1, -0.05) is 34.1 Å². The Bertz CT molecular complexity index is 85.7. The fourth-order valence-corrected chi connectivity index (χ4v) is 0.957. The van der Waals surface area contributed by atoms with Crippen LogP contribution in [-0.4, -0.2) is 6.04 Å². The highest BCUT2D eigenvalue weighted by atomic mass is 16.5. The van der Waals surface area contributed by atoms with Gasteiger partial charge in [0.1, 0.15) is 0 Å². The first-order chi connectivity index (χ1) is 4.52. The molecule has 0 rings (SSSR count). The molecule has 1 N–H and O–H groups in total. The average molecular weight is 144 g/mol. The van der Waals surface area contributed by atoms with Crippen LogP contribution in [0.2, 0.25) is 0 Å². The highest BCUT2D eigenvalue weighted by Crippen LogP contribution is 2.22. The first-order valence-corrected chi connectivity index (χ1v) is 3.90. The topological polar surface area (TPSA) is 35.1 Å². The maximum Gasteiger partial charge on any atom is -0.000158 e. The SMILES string of the molecule is CCCC(N[O-])C(C)(C)C. The van der Waals surface area contributed by atoms with Crippen LogP contribution in [0.1, 0.15) is 40.5 Å². The van der Waals surface area contributed by atoms with Gasteiger partial charge in [0.25, 0.3) is 0 Å². The van der Waals surface area contributed by atoms with Crippen molar-refractivity contribution in [3.8, 4) is 0 Å². The van der Waals surface area contributed by atoms with Gasteiger partial charge in [-0.25, -0.2) is 0 Å². The largest absolute Gasteiger partial charge is 0.788 e. The van der Waals surface area contributed by atoms with Crippen molar-refractivity contribution < 1.29 is 0 Å². The van der Waals surface area contributed by atoms with E-state index in [1.54, 1.807) is 0 Å². The van der Waals surface area contributed by atoms with Gasteiger partial charge in [0.15, 0.2) is 0 Å². The van der Waals surface area contributed by atoms with Crippen LogP contribution in [0.3, 0.4) is 0 Å². The minimum absolute atomic E-state index is 0.0950. The normalized spacial score (nSPS) is 15.3. The minimum atomic E-state index is 0.0950. The molecule has 0 spiro atoms. The van der Waals surface area contributed by atoms with Crippen LogP contribution in [0.25, 0.3) is 0 Å². The van der Waals surface area contributed by atoms with Crippen LogP contribution >= 0.6 is 0 Å². The average Bonchev–Trinajstić information content (AvgIpc) is 1.80. The molecule has 1 atom stereocenters. The molecule has 0 aliphatic carbocycles. The Morgan fingerprint density at radius 1 is 1.40 bits per heavy atom. The zero-order valence-corrected chi connectivity index (χ0v) is 7.40. The molecule has 0 aliphatic heterocycles. The summed E-state index contributed by atoms with van der Waals surface area (Å²) in [6.45, 7) is 8.34. The van der Waals surface area contributed by atoms with Crippen molar-refractivity contribution in [1.82, 2.24) is 5.48 Å². The van der Waals surface area contributed by atoms with E-state index in [1.165, 1.54) is 0 Å². The van der Waals surface area contributed by atoms with Gasteiger partial charge in [-0.3, -0.25) is 0 Å². The molecule has 1 unspecified atom stereocenters. The third-order valence-electron chi connectivity index (χ3n) is 1.76. The quantitative estimate of drug-likeness (QED) is 0.617. The van der Waals surface area contributed by atoms with E-state index in [0.717, 1.165) is 12.8 Å². The van der Waals surface area contributed by atoms with E-state index in [4.69, 9.17) is 0 Å². The Morgan fingerprint density at radius 3 is 2.00 bits per heavy atom. The predicted octanol–water partition coefficient (Wildman–Crippen LogP) is 2.29. The second-order valence-corrected chi connectivity index (χ2v) is 3.83. The number of hydrogen-bond donors (Lipinski definition) is 1. The molecule has 0 aromatic rings. The van der Waals surface area contributed by atoms with Crippen molar-refractivity contribution in [3.05, 3.63) is 5.21 Å². The number of hydrogen-bond acceptors (Lipinski definition) is 2. The Balaban J connectivity index is 3.81. The Kier molecular flexibility index (Phi) is 3.91. The van der Waals surface area contributed by atoms with Crippen LogP contribution in [0.15, 0.2) is 0 Å². The monoisotopic (exact) mass is 144 g/mol. The maximum atomic E-state index is 10.4. The lowest BCUT2D eigenvalue weighted by molar-refractivity contribution is 0.274.